The molecule has 20 heavy (non-hydrogen) atoms. The maximum atomic E-state index is 12.4. The van der Waals surface area contributed by atoms with Crippen LogP contribution in [0, 0.1) is 0 Å². The van der Waals surface area contributed by atoms with Crippen LogP contribution in [0.2, 0.25) is 0 Å². The summed E-state index contributed by atoms with van der Waals surface area (Å²) in [5.74, 6) is -0.209. The van der Waals surface area contributed by atoms with Crippen molar-refractivity contribution in [1.29, 1.82) is 0 Å². The summed E-state index contributed by atoms with van der Waals surface area (Å²) < 4.78 is 10.4. The van der Waals surface area contributed by atoms with E-state index in [-0.39, 0.29) is 34.5 Å². The monoisotopic (exact) mass is 296 g/mol. The van der Waals surface area contributed by atoms with E-state index in [0.29, 0.717) is 13.2 Å². The van der Waals surface area contributed by atoms with Gasteiger partial charge in [0, 0.05) is 6.54 Å². The van der Waals surface area contributed by atoms with Crippen LogP contribution in [0.1, 0.15) is 10.4 Å². The molecule has 0 saturated carbocycles. The van der Waals surface area contributed by atoms with Crippen molar-refractivity contribution in [3.05, 3.63) is 23.8 Å². The second-order valence-electron chi connectivity index (χ2n) is 4.37. The van der Waals surface area contributed by atoms with E-state index in [0.717, 1.165) is 0 Å². The first-order chi connectivity index (χ1) is 9.54. The molecule has 1 aliphatic rings. The molecular weight excluding hydrogens is 280 g/mol. The van der Waals surface area contributed by atoms with Gasteiger partial charge in [0.25, 0.3) is 5.91 Å². The van der Waals surface area contributed by atoms with Gasteiger partial charge >= 0.3 is 0 Å². The normalized spacial score (nSPS) is 18.6. The van der Waals surface area contributed by atoms with Crippen LogP contribution in [0.5, 0.6) is 11.5 Å². The van der Waals surface area contributed by atoms with Gasteiger partial charge in [0.05, 0.1) is 25.8 Å². The van der Waals surface area contributed by atoms with E-state index >= 15 is 0 Å². The number of phenols is 1. The summed E-state index contributed by atoms with van der Waals surface area (Å²) in [7, 11) is 1.43. The first-order valence-electron chi connectivity index (χ1n) is 6.10. The van der Waals surface area contributed by atoms with Gasteiger partial charge in [-0.15, -0.1) is 0 Å². The fourth-order valence-corrected chi connectivity index (χ4v) is 2.18. The van der Waals surface area contributed by atoms with Crippen LogP contribution < -0.4 is 10.5 Å². The van der Waals surface area contributed by atoms with Gasteiger partial charge in [0.15, 0.2) is 11.5 Å². The van der Waals surface area contributed by atoms with E-state index in [1.807, 2.05) is 0 Å². The number of aromatic hydroxyl groups is 1. The molecule has 1 heterocycles. The lowest BCUT2D eigenvalue weighted by Crippen LogP contribution is -2.49. The van der Waals surface area contributed by atoms with Gasteiger partial charge in [-0.25, -0.2) is 0 Å². The molecule has 6 nitrogen and oxygen atoms in total. The molecule has 108 valence electrons. The summed E-state index contributed by atoms with van der Waals surface area (Å²) in [5, 5.41) is 10.0. The third kappa shape index (κ3) is 2.83. The van der Waals surface area contributed by atoms with Gasteiger partial charge in [0.1, 0.15) is 11.1 Å². The number of amides is 1. The van der Waals surface area contributed by atoms with Gasteiger partial charge < -0.3 is 25.2 Å². The molecule has 0 aliphatic carbocycles. The summed E-state index contributed by atoms with van der Waals surface area (Å²) in [5.41, 5.74) is 5.73. The molecule has 1 saturated heterocycles. The number of hydrogen-bond acceptors (Lipinski definition) is 5. The molecule has 7 heteroatoms. The number of benzene rings is 1. The van der Waals surface area contributed by atoms with E-state index in [1.165, 1.54) is 7.11 Å². The lowest BCUT2D eigenvalue weighted by Gasteiger charge is -2.32. The Morgan fingerprint density at radius 3 is 3.00 bits per heavy atom. The molecule has 1 unspecified atom stereocenters. The molecule has 1 aliphatic heterocycles. The molecule has 0 radical (unpaired) electrons. The highest BCUT2D eigenvalue weighted by atomic mass is 32.1. The Morgan fingerprint density at radius 1 is 1.60 bits per heavy atom. The third-order valence-electron chi connectivity index (χ3n) is 3.12. The largest absolute Gasteiger partial charge is 0.504 e. The second-order valence-corrected chi connectivity index (χ2v) is 4.84. The number of para-hydroxylation sites is 1. The number of rotatable bonds is 3. The number of thiocarbonyl (C=S) groups is 1. The number of morpholine rings is 1. The molecule has 1 amide bonds. The summed E-state index contributed by atoms with van der Waals surface area (Å²) in [6, 6.07) is 4.78. The van der Waals surface area contributed by atoms with Crippen molar-refractivity contribution in [3.63, 3.8) is 0 Å². The first-order valence-corrected chi connectivity index (χ1v) is 6.51. The molecule has 0 bridgehead atoms. The Hall–Kier alpha value is -1.86. The van der Waals surface area contributed by atoms with Crippen molar-refractivity contribution in [2.24, 2.45) is 5.73 Å². The van der Waals surface area contributed by atoms with Gasteiger partial charge in [-0.3, -0.25) is 4.79 Å². The lowest BCUT2D eigenvalue weighted by atomic mass is 10.1. The molecule has 0 aromatic heterocycles. The maximum Gasteiger partial charge on any atom is 0.257 e. The van der Waals surface area contributed by atoms with Crippen molar-refractivity contribution in [2.75, 3.05) is 26.8 Å². The minimum absolute atomic E-state index is 0.168. The van der Waals surface area contributed by atoms with E-state index in [4.69, 9.17) is 27.4 Å². The minimum Gasteiger partial charge on any atom is -0.504 e. The second kappa shape index (κ2) is 6.06. The van der Waals surface area contributed by atoms with Gasteiger partial charge in [-0.2, -0.15) is 0 Å². The van der Waals surface area contributed by atoms with Crippen molar-refractivity contribution in [1.82, 2.24) is 4.90 Å². The summed E-state index contributed by atoms with van der Waals surface area (Å²) >= 11 is 4.88. The molecule has 3 N–H and O–H groups in total. The van der Waals surface area contributed by atoms with Crippen LogP contribution in [0.3, 0.4) is 0 Å². The highest BCUT2D eigenvalue weighted by Crippen LogP contribution is 2.30. The Bertz CT molecular complexity index is 535. The fraction of sp³-hybridized carbons (Fsp3) is 0.385. The van der Waals surface area contributed by atoms with Crippen LogP contribution in [0.25, 0.3) is 0 Å². The van der Waals surface area contributed by atoms with Crippen LogP contribution in [0.15, 0.2) is 18.2 Å². The zero-order valence-electron chi connectivity index (χ0n) is 11.0. The van der Waals surface area contributed by atoms with Crippen molar-refractivity contribution in [2.45, 2.75) is 6.10 Å². The first kappa shape index (κ1) is 14.5. The number of nitrogens with two attached hydrogens (primary N) is 1. The number of nitrogens with zero attached hydrogens (tertiary/aromatic N) is 1. The summed E-state index contributed by atoms with van der Waals surface area (Å²) in [6.45, 7) is 1.07. The van der Waals surface area contributed by atoms with Crippen molar-refractivity contribution < 1.29 is 19.4 Å². The summed E-state index contributed by atoms with van der Waals surface area (Å²) in [4.78, 5) is 14.2. The van der Waals surface area contributed by atoms with E-state index in [9.17, 15) is 9.90 Å². The average molecular weight is 296 g/mol. The quantitative estimate of drug-likeness (QED) is 0.791. The van der Waals surface area contributed by atoms with E-state index in [1.54, 1.807) is 23.1 Å². The topological polar surface area (TPSA) is 85.0 Å². The van der Waals surface area contributed by atoms with Crippen molar-refractivity contribution >= 4 is 23.1 Å². The summed E-state index contributed by atoms with van der Waals surface area (Å²) in [6.07, 6.45) is -0.449. The Morgan fingerprint density at radius 2 is 2.35 bits per heavy atom. The number of ether oxygens (including phenoxy) is 2. The highest BCUT2D eigenvalue weighted by molar-refractivity contribution is 7.80. The van der Waals surface area contributed by atoms with Gasteiger partial charge in [0.2, 0.25) is 0 Å². The van der Waals surface area contributed by atoms with Crippen LogP contribution in [-0.2, 0) is 4.74 Å². The number of methoxy groups -OCH3 is 1. The Labute approximate surface area is 122 Å². The van der Waals surface area contributed by atoms with Gasteiger partial charge in [-0.1, -0.05) is 18.3 Å². The predicted octanol–water partition coefficient (Wildman–Crippen LogP) is 0.528. The number of phenolic OH excluding ortho intramolecular Hbond substituents is 1. The SMILES string of the molecule is COc1cccc(C(=O)N2CCOC(C(N)=S)C2)c1O. The highest BCUT2D eigenvalue weighted by Gasteiger charge is 2.28. The molecule has 2 rings (SSSR count). The molecule has 1 atom stereocenters. The predicted molar refractivity (Wildman–Crippen MR) is 77.1 cm³/mol. The Balaban J connectivity index is 2.21. The molecule has 1 fully saturated rings. The van der Waals surface area contributed by atoms with Crippen LogP contribution >= 0.6 is 12.2 Å². The molecular formula is C13H16N2O4S. The zero-order chi connectivity index (χ0) is 14.7. The van der Waals surface area contributed by atoms with E-state index in [2.05, 4.69) is 0 Å². The van der Waals surface area contributed by atoms with Gasteiger partial charge in [-0.05, 0) is 12.1 Å². The standard InChI is InChI=1S/C13H16N2O4S/c1-18-9-4-2-3-8(11(9)16)13(17)15-5-6-19-10(7-15)12(14)20/h2-4,10,16H,5-7H2,1H3,(H2,14,20). The number of hydrogen-bond donors (Lipinski definition) is 2. The minimum atomic E-state index is -0.449. The zero-order valence-corrected chi connectivity index (χ0v) is 11.9. The van der Waals surface area contributed by atoms with Crippen molar-refractivity contribution in [3.8, 4) is 11.5 Å². The lowest BCUT2D eigenvalue weighted by molar-refractivity contribution is 0.00863. The number of carbonyl (C=O) groups is 1. The smallest absolute Gasteiger partial charge is 0.257 e. The molecule has 1 aromatic rings. The average Bonchev–Trinajstić information content (AvgIpc) is 2.47. The van der Waals surface area contributed by atoms with Crippen LogP contribution in [-0.4, -0.2) is 53.8 Å². The number of carbonyl (C=O) groups excluding carboxylic acids is 1. The fourth-order valence-electron chi connectivity index (χ4n) is 2.04. The Kier molecular flexibility index (Phi) is 4.41. The maximum absolute atomic E-state index is 12.4. The molecule has 0 spiro atoms. The van der Waals surface area contributed by atoms with Crippen LogP contribution in [0.4, 0.5) is 0 Å². The molecule has 1 aromatic carbocycles. The van der Waals surface area contributed by atoms with E-state index < -0.39 is 6.10 Å². The third-order valence-corrected chi connectivity index (χ3v) is 3.38.